The lowest BCUT2D eigenvalue weighted by Gasteiger charge is -2.07. The Morgan fingerprint density at radius 2 is 2.43 bits per heavy atom. The van der Waals surface area contributed by atoms with Crippen LogP contribution in [0.1, 0.15) is 25.3 Å². The van der Waals surface area contributed by atoms with Gasteiger partial charge in [0.15, 0.2) is 0 Å². The van der Waals surface area contributed by atoms with Crippen LogP contribution in [0.5, 0.6) is 0 Å². The summed E-state index contributed by atoms with van der Waals surface area (Å²) in [6.45, 7) is 2.07. The molecule has 0 radical (unpaired) electrons. The van der Waals surface area contributed by atoms with E-state index >= 15 is 0 Å². The fourth-order valence-corrected chi connectivity index (χ4v) is 2.14. The molecule has 0 N–H and O–H groups in total. The Kier molecular flexibility index (Phi) is 2.03. The van der Waals surface area contributed by atoms with E-state index in [0.29, 0.717) is 5.92 Å². The number of hydrogen-bond acceptors (Lipinski definition) is 1. The molecule has 0 amide bonds. The van der Waals surface area contributed by atoms with Crippen molar-refractivity contribution >= 4 is 0 Å². The molecule has 0 aliphatic heterocycles. The first-order chi connectivity index (χ1) is 6.73. The minimum atomic E-state index is -0.392. The molecule has 14 heavy (non-hydrogen) atoms. The van der Waals surface area contributed by atoms with Gasteiger partial charge < -0.3 is 0 Å². The van der Waals surface area contributed by atoms with Crippen molar-refractivity contribution in [1.29, 1.82) is 5.26 Å². The average Bonchev–Trinajstić information content (AvgIpc) is 2.93. The van der Waals surface area contributed by atoms with Gasteiger partial charge in [0.25, 0.3) is 0 Å². The molecule has 0 spiro atoms. The number of halogens is 1. The summed E-state index contributed by atoms with van der Waals surface area (Å²) in [7, 11) is 0. The molecule has 2 rings (SSSR count). The Labute approximate surface area is 83.2 Å². The first-order valence-corrected chi connectivity index (χ1v) is 4.90. The smallest absolute Gasteiger partial charge is 0.123 e. The van der Waals surface area contributed by atoms with Crippen molar-refractivity contribution in [3.05, 3.63) is 35.6 Å². The fourth-order valence-electron chi connectivity index (χ4n) is 2.14. The fraction of sp³-hybridized carbons (Fsp3) is 0.417. The Morgan fingerprint density at radius 3 is 2.93 bits per heavy atom. The van der Waals surface area contributed by atoms with Crippen LogP contribution < -0.4 is 0 Å². The second-order valence-corrected chi connectivity index (χ2v) is 3.90. The molecule has 0 aromatic heterocycles. The van der Waals surface area contributed by atoms with Gasteiger partial charge in [-0.25, -0.2) is 4.39 Å². The van der Waals surface area contributed by atoms with Crippen LogP contribution in [0.25, 0.3) is 0 Å². The van der Waals surface area contributed by atoms with E-state index in [1.165, 1.54) is 12.1 Å². The zero-order valence-electron chi connectivity index (χ0n) is 8.13. The van der Waals surface area contributed by atoms with E-state index < -0.39 is 5.41 Å². The van der Waals surface area contributed by atoms with Crippen LogP contribution in [-0.2, 0) is 5.41 Å². The zero-order chi connectivity index (χ0) is 10.2. The molecule has 2 atom stereocenters. The molecular weight excluding hydrogens is 177 g/mol. The lowest BCUT2D eigenvalue weighted by atomic mass is 9.94. The van der Waals surface area contributed by atoms with E-state index in [-0.39, 0.29) is 5.82 Å². The standard InChI is InChI=1S/C12H12FN/c1-2-9-7-12(9,8-14)10-4-3-5-11(13)6-10/h3-6,9H,2,7H2,1H3. The van der Waals surface area contributed by atoms with Crippen LogP contribution in [0, 0.1) is 23.1 Å². The van der Waals surface area contributed by atoms with E-state index in [0.717, 1.165) is 18.4 Å². The Balaban J connectivity index is 2.36. The molecule has 1 aromatic carbocycles. The van der Waals surface area contributed by atoms with Gasteiger partial charge in [-0.15, -0.1) is 0 Å². The zero-order valence-corrected chi connectivity index (χ0v) is 8.13. The molecular formula is C12H12FN. The molecule has 0 bridgehead atoms. The second-order valence-electron chi connectivity index (χ2n) is 3.90. The topological polar surface area (TPSA) is 23.8 Å². The maximum Gasteiger partial charge on any atom is 0.123 e. The van der Waals surface area contributed by atoms with Crippen LogP contribution >= 0.6 is 0 Å². The molecule has 72 valence electrons. The predicted molar refractivity (Wildman–Crippen MR) is 52.1 cm³/mol. The van der Waals surface area contributed by atoms with Crippen molar-refractivity contribution in [1.82, 2.24) is 0 Å². The number of nitrogens with zero attached hydrogens (tertiary/aromatic N) is 1. The van der Waals surface area contributed by atoms with Crippen molar-refractivity contribution < 1.29 is 4.39 Å². The quantitative estimate of drug-likeness (QED) is 0.701. The van der Waals surface area contributed by atoms with Gasteiger partial charge in [-0.3, -0.25) is 0 Å². The van der Waals surface area contributed by atoms with Crippen LogP contribution in [0.4, 0.5) is 4.39 Å². The van der Waals surface area contributed by atoms with Gasteiger partial charge in [0, 0.05) is 0 Å². The molecule has 1 fully saturated rings. The number of benzene rings is 1. The van der Waals surface area contributed by atoms with Crippen molar-refractivity contribution in [3.8, 4) is 6.07 Å². The summed E-state index contributed by atoms with van der Waals surface area (Å²) in [6, 6.07) is 8.75. The summed E-state index contributed by atoms with van der Waals surface area (Å²) in [5, 5.41) is 9.13. The van der Waals surface area contributed by atoms with Gasteiger partial charge in [-0.2, -0.15) is 5.26 Å². The SMILES string of the molecule is CCC1CC1(C#N)c1cccc(F)c1. The maximum absolute atomic E-state index is 13.0. The van der Waals surface area contributed by atoms with Crippen molar-refractivity contribution in [2.24, 2.45) is 5.92 Å². The molecule has 1 nitrogen and oxygen atoms in total. The summed E-state index contributed by atoms with van der Waals surface area (Å²) < 4.78 is 13.0. The minimum absolute atomic E-state index is 0.251. The van der Waals surface area contributed by atoms with Crippen LogP contribution in [0.3, 0.4) is 0 Å². The summed E-state index contributed by atoms with van der Waals surface area (Å²) in [6.07, 6.45) is 1.87. The van der Waals surface area contributed by atoms with Crippen molar-refractivity contribution in [3.63, 3.8) is 0 Å². The molecule has 2 heteroatoms. The van der Waals surface area contributed by atoms with E-state index in [4.69, 9.17) is 5.26 Å². The van der Waals surface area contributed by atoms with Crippen molar-refractivity contribution in [2.75, 3.05) is 0 Å². The van der Waals surface area contributed by atoms with E-state index in [1.54, 1.807) is 6.07 Å². The van der Waals surface area contributed by atoms with Gasteiger partial charge in [0.1, 0.15) is 5.82 Å². The Hall–Kier alpha value is -1.36. The van der Waals surface area contributed by atoms with E-state index in [1.807, 2.05) is 6.07 Å². The van der Waals surface area contributed by atoms with E-state index in [9.17, 15) is 4.39 Å². The van der Waals surface area contributed by atoms with Crippen LogP contribution in [0.15, 0.2) is 24.3 Å². The second kappa shape index (κ2) is 3.09. The third-order valence-corrected chi connectivity index (χ3v) is 3.14. The lowest BCUT2D eigenvalue weighted by Crippen LogP contribution is -2.06. The summed E-state index contributed by atoms with van der Waals surface area (Å²) in [5.41, 5.74) is 0.448. The highest BCUT2D eigenvalue weighted by molar-refractivity contribution is 5.41. The molecule has 1 aliphatic rings. The monoisotopic (exact) mass is 189 g/mol. The van der Waals surface area contributed by atoms with Crippen LogP contribution in [-0.4, -0.2) is 0 Å². The van der Waals surface area contributed by atoms with Gasteiger partial charge in [-0.1, -0.05) is 25.5 Å². The number of hydrogen-bond donors (Lipinski definition) is 0. The van der Waals surface area contributed by atoms with Gasteiger partial charge >= 0.3 is 0 Å². The average molecular weight is 189 g/mol. The van der Waals surface area contributed by atoms with E-state index in [2.05, 4.69) is 13.0 Å². The molecule has 1 aliphatic carbocycles. The Bertz CT molecular complexity index is 394. The highest BCUT2D eigenvalue weighted by atomic mass is 19.1. The third kappa shape index (κ3) is 1.21. The van der Waals surface area contributed by atoms with Gasteiger partial charge in [-0.05, 0) is 30.0 Å². The molecule has 2 unspecified atom stereocenters. The normalized spacial score (nSPS) is 29.6. The molecule has 0 saturated heterocycles. The minimum Gasteiger partial charge on any atom is -0.207 e. The highest BCUT2D eigenvalue weighted by Crippen LogP contribution is 2.55. The third-order valence-electron chi connectivity index (χ3n) is 3.14. The van der Waals surface area contributed by atoms with Crippen LogP contribution in [0.2, 0.25) is 0 Å². The predicted octanol–water partition coefficient (Wildman–Crippen LogP) is 3.02. The van der Waals surface area contributed by atoms with Gasteiger partial charge in [0.05, 0.1) is 11.5 Å². The molecule has 1 aromatic rings. The highest BCUT2D eigenvalue weighted by Gasteiger charge is 2.54. The largest absolute Gasteiger partial charge is 0.207 e. The first kappa shape index (κ1) is 9.21. The summed E-state index contributed by atoms with van der Waals surface area (Å²) in [4.78, 5) is 0. The van der Waals surface area contributed by atoms with Gasteiger partial charge in [0.2, 0.25) is 0 Å². The molecule has 0 heterocycles. The molecule has 1 saturated carbocycles. The number of rotatable bonds is 2. The first-order valence-electron chi connectivity index (χ1n) is 4.90. The summed E-state index contributed by atoms with van der Waals surface area (Å²) >= 11 is 0. The van der Waals surface area contributed by atoms with Crippen molar-refractivity contribution in [2.45, 2.75) is 25.2 Å². The number of nitriles is 1. The maximum atomic E-state index is 13.0. The summed E-state index contributed by atoms with van der Waals surface area (Å²) in [5.74, 6) is 0.160. The lowest BCUT2D eigenvalue weighted by molar-refractivity contribution is 0.619. The Morgan fingerprint density at radius 1 is 1.64 bits per heavy atom.